The molecule has 2 atom stereocenters. The molecule has 7 heteroatoms. The van der Waals surface area contributed by atoms with Crippen LogP contribution in [0.3, 0.4) is 0 Å². The third kappa shape index (κ3) is 3.28. The number of pyridine rings is 1. The highest BCUT2D eigenvalue weighted by Crippen LogP contribution is 2.47. The zero-order valence-electron chi connectivity index (χ0n) is 13.7. The Bertz CT molecular complexity index is 926. The molecule has 132 valence electrons. The number of hydrogen-bond donors (Lipinski definition) is 2. The summed E-state index contributed by atoms with van der Waals surface area (Å²) in [5.41, 5.74) is 2.68. The number of aromatic amines is 1. The van der Waals surface area contributed by atoms with Gasteiger partial charge in [-0.2, -0.15) is 5.10 Å². The number of halogens is 1. The maximum absolute atomic E-state index is 14.3. The average Bonchev–Trinajstić information content (AvgIpc) is 3.27. The molecular formula is C19H16FN3O3. The zero-order chi connectivity index (χ0) is 18.1. The van der Waals surface area contributed by atoms with E-state index in [2.05, 4.69) is 15.2 Å². The molecule has 0 aliphatic heterocycles. The Labute approximate surface area is 148 Å². The van der Waals surface area contributed by atoms with Crippen LogP contribution in [-0.2, 0) is 11.4 Å². The lowest BCUT2D eigenvalue weighted by molar-refractivity contribution is -0.138. The Morgan fingerprint density at radius 3 is 2.81 bits per heavy atom. The number of ether oxygens (including phenoxy) is 1. The van der Waals surface area contributed by atoms with Gasteiger partial charge in [0.2, 0.25) is 0 Å². The maximum atomic E-state index is 14.3. The molecule has 2 unspecified atom stereocenters. The zero-order valence-corrected chi connectivity index (χ0v) is 13.7. The predicted octanol–water partition coefficient (Wildman–Crippen LogP) is 3.38. The number of aromatic nitrogens is 3. The lowest BCUT2D eigenvalue weighted by atomic mass is 10.1. The monoisotopic (exact) mass is 353 g/mol. The van der Waals surface area contributed by atoms with Crippen LogP contribution in [0.15, 0.2) is 48.8 Å². The molecule has 3 aromatic rings. The van der Waals surface area contributed by atoms with Gasteiger partial charge >= 0.3 is 5.97 Å². The van der Waals surface area contributed by atoms with E-state index in [0.717, 1.165) is 17.0 Å². The number of hydrogen-bond acceptors (Lipinski definition) is 4. The first kappa shape index (κ1) is 16.3. The van der Waals surface area contributed by atoms with Crippen LogP contribution in [0.1, 0.15) is 23.5 Å². The highest BCUT2D eigenvalue weighted by atomic mass is 19.1. The summed E-state index contributed by atoms with van der Waals surface area (Å²) in [6, 6.07) is 10.2. The number of rotatable bonds is 6. The largest absolute Gasteiger partial charge is 0.487 e. The molecule has 0 spiro atoms. The summed E-state index contributed by atoms with van der Waals surface area (Å²) in [6.07, 6.45) is 3.79. The van der Waals surface area contributed by atoms with Crippen LogP contribution >= 0.6 is 0 Å². The summed E-state index contributed by atoms with van der Waals surface area (Å²) < 4.78 is 19.9. The smallest absolute Gasteiger partial charge is 0.307 e. The number of benzene rings is 1. The molecular weight excluding hydrogens is 337 g/mol. The Morgan fingerprint density at radius 1 is 1.31 bits per heavy atom. The van der Waals surface area contributed by atoms with Gasteiger partial charge < -0.3 is 9.84 Å². The Hall–Kier alpha value is -3.22. The number of carboxylic acids is 1. The molecule has 1 aromatic carbocycles. The van der Waals surface area contributed by atoms with E-state index in [9.17, 15) is 9.18 Å². The van der Waals surface area contributed by atoms with E-state index in [1.54, 1.807) is 36.7 Å². The number of nitrogens with one attached hydrogen (secondary N) is 1. The summed E-state index contributed by atoms with van der Waals surface area (Å²) in [5.74, 6) is -1.16. The predicted molar refractivity (Wildman–Crippen MR) is 91.0 cm³/mol. The van der Waals surface area contributed by atoms with Gasteiger partial charge in [0.25, 0.3) is 0 Å². The van der Waals surface area contributed by atoms with Gasteiger partial charge in [0.15, 0.2) is 0 Å². The third-order valence-electron chi connectivity index (χ3n) is 4.52. The van der Waals surface area contributed by atoms with Gasteiger partial charge in [-0.3, -0.25) is 14.9 Å². The van der Waals surface area contributed by atoms with Gasteiger partial charge in [-0.25, -0.2) is 4.39 Å². The van der Waals surface area contributed by atoms with Crippen molar-refractivity contribution in [2.24, 2.45) is 5.92 Å². The fourth-order valence-corrected chi connectivity index (χ4v) is 2.93. The number of carbonyl (C=O) groups is 1. The molecule has 0 radical (unpaired) electrons. The van der Waals surface area contributed by atoms with Gasteiger partial charge in [0.05, 0.1) is 23.5 Å². The molecule has 6 nitrogen and oxygen atoms in total. The number of H-pyrrole nitrogens is 1. The lowest BCUT2D eigenvalue weighted by Gasteiger charge is -2.09. The second kappa shape index (κ2) is 6.59. The molecule has 1 aliphatic carbocycles. The van der Waals surface area contributed by atoms with Gasteiger partial charge in [0.1, 0.15) is 18.2 Å². The molecule has 1 aliphatic rings. The Kier molecular flexibility index (Phi) is 4.12. The highest BCUT2D eigenvalue weighted by Gasteiger charge is 2.44. The SMILES string of the molecule is O=C(O)C1CC1c1ccc(COc2ccc(-c3ccn[nH]3)nc2)c(F)c1. The molecule has 0 saturated heterocycles. The number of nitrogens with zero attached hydrogens (tertiary/aromatic N) is 2. The molecule has 4 rings (SSSR count). The normalized spacial score (nSPS) is 18.5. The van der Waals surface area contributed by atoms with E-state index in [1.165, 1.54) is 6.07 Å². The quantitative estimate of drug-likeness (QED) is 0.709. The fourth-order valence-electron chi connectivity index (χ4n) is 2.93. The topological polar surface area (TPSA) is 88.1 Å². The van der Waals surface area contributed by atoms with Gasteiger partial charge in [0, 0.05) is 11.8 Å². The van der Waals surface area contributed by atoms with Crippen molar-refractivity contribution >= 4 is 5.97 Å². The van der Waals surface area contributed by atoms with Crippen molar-refractivity contribution in [2.45, 2.75) is 18.9 Å². The molecule has 0 amide bonds. The van der Waals surface area contributed by atoms with E-state index in [4.69, 9.17) is 9.84 Å². The Balaban J connectivity index is 1.39. The maximum Gasteiger partial charge on any atom is 0.307 e. The molecule has 2 aromatic heterocycles. The molecule has 2 heterocycles. The lowest BCUT2D eigenvalue weighted by Crippen LogP contribution is -2.02. The van der Waals surface area contributed by atoms with Crippen LogP contribution in [-0.4, -0.2) is 26.3 Å². The van der Waals surface area contributed by atoms with E-state index in [0.29, 0.717) is 17.7 Å². The first-order chi connectivity index (χ1) is 12.6. The highest BCUT2D eigenvalue weighted by molar-refractivity contribution is 5.75. The van der Waals surface area contributed by atoms with Crippen LogP contribution in [0, 0.1) is 11.7 Å². The molecule has 0 bridgehead atoms. The van der Waals surface area contributed by atoms with Crippen molar-refractivity contribution in [2.75, 3.05) is 0 Å². The number of aliphatic carboxylic acids is 1. The summed E-state index contributed by atoms with van der Waals surface area (Å²) >= 11 is 0. The van der Waals surface area contributed by atoms with E-state index in [-0.39, 0.29) is 18.3 Å². The average molecular weight is 353 g/mol. The summed E-state index contributed by atoms with van der Waals surface area (Å²) in [5, 5.41) is 15.7. The van der Waals surface area contributed by atoms with Crippen LogP contribution in [0.25, 0.3) is 11.4 Å². The standard InChI is InChI=1S/C19H16FN3O3/c20-16-7-11(14-8-15(14)19(24)25)1-2-12(16)10-26-13-3-4-17(21-9-13)18-5-6-22-23-18/h1-7,9,14-15H,8,10H2,(H,22,23)(H,24,25). The van der Waals surface area contributed by atoms with Crippen LogP contribution in [0.5, 0.6) is 5.75 Å². The van der Waals surface area contributed by atoms with Gasteiger partial charge in [-0.15, -0.1) is 0 Å². The van der Waals surface area contributed by atoms with Crippen molar-refractivity contribution < 1.29 is 19.0 Å². The number of carboxylic acid groups (broad SMARTS) is 1. The van der Waals surface area contributed by atoms with Crippen molar-refractivity contribution in [3.05, 3.63) is 65.7 Å². The van der Waals surface area contributed by atoms with Crippen molar-refractivity contribution in [3.63, 3.8) is 0 Å². The molecule has 2 N–H and O–H groups in total. The first-order valence-corrected chi connectivity index (χ1v) is 8.21. The van der Waals surface area contributed by atoms with Gasteiger partial charge in [-0.1, -0.05) is 12.1 Å². The molecule has 1 saturated carbocycles. The summed E-state index contributed by atoms with van der Waals surface area (Å²) in [6.45, 7) is 0.0736. The minimum atomic E-state index is -0.825. The van der Waals surface area contributed by atoms with Gasteiger partial charge in [-0.05, 0) is 42.2 Å². The molecule has 1 fully saturated rings. The minimum Gasteiger partial charge on any atom is -0.487 e. The summed E-state index contributed by atoms with van der Waals surface area (Å²) in [7, 11) is 0. The van der Waals surface area contributed by atoms with Crippen molar-refractivity contribution in [3.8, 4) is 17.1 Å². The fraction of sp³-hybridized carbons (Fsp3) is 0.211. The van der Waals surface area contributed by atoms with E-state index >= 15 is 0 Å². The van der Waals surface area contributed by atoms with Crippen LogP contribution in [0.4, 0.5) is 4.39 Å². The van der Waals surface area contributed by atoms with Crippen LogP contribution in [0.2, 0.25) is 0 Å². The van der Waals surface area contributed by atoms with E-state index < -0.39 is 11.9 Å². The first-order valence-electron chi connectivity index (χ1n) is 8.21. The van der Waals surface area contributed by atoms with Crippen LogP contribution < -0.4 is 4.74 Å². The van der Waals surface area contributed by atoms with Crippen molar-refractivity contribution in [1.29, 1.82) is 0 Å². The Morgan fingerprint density at radius 2 is 2.19 bits per heavy atom. The minimum absolute atomic E-state index is 0.0736. The molecule has 26 heavy (non-hydrogen) atoms. The second-order valence-electron chi connectivity index (χ2n) is 6.28. The third-order valence-corrected chi connectivity index (χ3v) is 4.52. The second-order valence-corrected chi connectivity index (χ2v) is 6.28. The summed E-state index contributed by atoms with van der Waals surface area (Å²) in [4.78, 5) is 15.2. The van der Waals surface area contributed by atoms with E-state index in [1.807, 2.05) is 6.07 Å². The van der Waals surface area contributed by atoms with Crippen molar-refractivity contribution in [1.82, 2.24) is 15.2 Å².